The summed E-state index contributed by atoms with van der Waals surface area (Å²) < 4.78 is 24.6. The van der Waals surface area contributed by atoms with Crippen molar-refractivity contribution >= 4 is 27.1 Å². The Balaban J connectivity index is 1.74. The second-order valence-electron chi connectivity index (χ2n) is 5.27. The summed E-state index contributed by atoms with van der Waals surface area (Å²) >= 11 is 0. The highest BCUT2D eigenvalue weighted by Gasteiger charge is 2.29. The number of fused-ring (bicyclic) bond motifs is 1. The molecule has 0 radical (unpaired) electrons. The first kappa shape index (κ1) is 14.6. The van der Waals surface area contributed by atoms with Crippen LogP contribution in [0.2, 0.25) is 0 Å². The van der Waals surface area contributed by atoms with Crippen molar-refractivity contribution in [2.45, 2.75) is 11.8 Å². The van der Waals surface area contributed by atoms with Gasteiger partial charge in [0.25, 0.3) is 0 Å². The number of carbonyl (C=O) groups is 1. The van der Waals surface area contributed by atoms with Gasteiger partial charge in [0.1, 0.15) is 6.04 Å². The first-order chi connectivity index (χ1) is 10.5. The van der Waals surface area contributed by atoms with E-state index in [4.69, 9.17) is 0 Å². The Labute approximate surface area is 129 Å². The van der Waals surface area contributed by atoms with E-state index in [1.165, 1.54) is 0 Å². The molecule has 0 aliphatic carbocycles. The number of hydrogen-bond acceptors (Lipinski definition) is 4. The highest BCUT2D eigenvalue weighted by atomic mass is 32.2. The molecule has 2 aromatic rings. The molecule has 1 amide bonds. The first-order valence-electron chi connectivity index (χ1n) is 6.94. The lowest BCUT2D eigenvalue weighted by atomic mass is 10.1. The van der Waals surface area contributed by atoms with Gasteiger partial charge in [-0.3, -0.25) is 4.79 Å². The Morgan fingerprint density at radius 3 is 2.27 bits per heavy atom. The summed E-state index contributed by atoms with van der Waals surface area (Å²) in [6.07, 6.45) is 0. The zero-order chi connectivity index (χ0) is 15.6. The van der Waals surface area contributed by atoms with Crippen LogP contribution in [0.4, 0.5) is 11.4 Å². The minimum Gasteiger partial charge on any atom is -0.371 e. The van der Waals surface area contributed by atoms with Crippen molar-refractivity contribution in [3.05, 3.63) is 60.2 Å². The summed E-state index contributed by atoms with van der Waals surface area (Å²) in [4.78, 5) is 12.0. The number of para-hydroxylation sites is 2. The number of rotatable bonds is 4. The van der Waals surface area contributed by atoms with Gasteiger partial charge in [-0.05, 0) is 17.7 Å². The minimum absolute atomic E-state index is 0.0685. The average Bonchev–Trinajstić information content (AvgIpc) is 2.48. The van der Waals surface area contributed by atoms with Crippen LogP contribution < -0.4 is 10.6 Å². The lowest BCUT2D eigenvalue weighted by Crippen LogP contribution is -2.43. The maximum atomic E-state index is 12.3. The Bertz CT molecular complexity index is 788. The fourth-order valence-electron chi connectivity index (χ4n) is 2.45. The molecule has 1 heterocycles. The summed E-state index contributed by atoms with van der Waals surface area (Å²) in [6.45, 7) is 0. The van der Waals surface area contributed by atoms with Crippen LogP contribution in [0.15, 0.2) is 54.6 Å². The van der Waals surface area contributed by atoms with E-state index in [2.05, 4.69) is 10.6 Å². The molecule has 2 N–H and O–H groups in total. The summed E-state index contributed by atoms with van der Waals surface area (Å²) in [5.74, 6) is -0.626. The van der Waals surface area contributed by atoms with Crippen molar-refractivity contribution in [2.75, 3.05) is 16.4 Å². The molecule has 0 bridgehead atoms. The van der Waals surface area contributed by atoms with Crippen LogP contribution in [0.25, 0.3) is 0 Å². The van der Waals surface area contributed by atoms with Gasteiger partial charge < -0.3 is 10.6 Å². The van der Waals surface area contributed by atoms with Crippen LogP contribution in [0.3, 0.4) is 0 Å². The number of anilines is 2. The molecule has 0 saturated heterocycles. The Morgan fingerprint density at radius 1 is 0.909 bits per heavy atom. The molecule has 3 rings (SSSR count). The fraction of sp³-hybridized carbons (Fsp3) is 0.188. The summed E-state index contributed by atoms with van der Waals surface area (Å²) in [5, 5.41) is 5.73. The Morgan fingerprint density at radius 2 is 1.55 bits per heavy atom. The van der Waals surface area contributed by atoms with E-state index in [9.17, 15) is 13.2 Å². The van der Waals surface area contributed by atoms with Crippen LogP contribution in [0.5, 0.6) is 0 Å². The van der Waals surface area contributed by atoms with Crippen LogP contribution in [0, 0.1) is 0 Å². The van der Waals surface area contributed by atoms with Crippen molar-refractivity contribution in [3.63, 3.8) is 0 Å². The smallest absolute Gasteiger partial charge is 0.247 e. The lowest BCUT2D eigenvalue weighted by molar-refractivity contribution is -0.116. The predicted octanol–water partition coefficient (Wildman–Crippen LogP) is 2.03. The monoisotopic (exact) mass is 316 g/mol. The van der Waals surface area contributed by atoms with E-state index >= 15 is 0 Å². The third-order valence-corrected chi connectivity index (χ3v) is 5.10. The van der Waals surface area contributed by atoms with Crippen molar-refractivity contribution in [1.82, 2.24) is 0 Å². The van der Waals surface area contributed by atoms with Gasteiger partial charge >= 0.3 is 0 Å². The molecule has 0 aromatic heterocycles. The number of carbonyl (C=O) groups excluding carboxylic acids is 1. The van der Waals surface area contributed by atoms with E-state index in [0.717, 1.165) is 11.3 Å². The average molecular weight is 316 g/mol. The van der Waals surface area contributed by atoms with Crippen LogP contribution in [-0.2, 0) is 20.4 Å². The zero-order valence-electron chi connectivity index (χ0n) is 11.8. The molecular weight excluding hydrogens is 300 g/mol. The van der Waals surface area contributed by atoms with E-state index in [1.807, 2.05) is 24.3 Å². The molecule has 5 nitrogen and oxygen atoms in total. The first-order valence-corrected chi connectivity index (χ1v) is 8.76. The van der Waals surface area contributed by atoms with Crippen LogP contribution in [0.1, 0.15) is 5.56 Å². The van der Waals surface area contributed by atoms with Crippen LogP contribution in [-0.4, -0.2) is 26.1 Å². The fourth-order valence-corrected chi connectivity index (χ4v) is 4.01. The van der Waals surface area contributed by atoms with Crippen LogP contribution >= 0.6 is 0 Å². The molecule has 22 heavy (non-hydrogen) atoms. The van der Waals surface area contributed by atoms with E-state index < -0.39 is 15.9 Å². The van der Waals surface area contributed by atoms with Crippen molar-refractivity contribution in [3.8, 4) is 0 Å². The Hall–Kier alpha value is -2.34. The summed E-state index contributed by atoms with van der Waals surface area (Å²) in [7, 11) is -3.39. The summed E-state index contributed by atoms with van der Waals surface area (Å²) in [6, 6.07) is 15.4. The number of hydrogen-bond donors (Lipinski definition) is 2. The molecule has 6 heteroatoms. The molecule has 2 aromatic carbocycles. The van der Waals surface area contributed by atoms with E-state index in [1.54, 1.807) is 30.3 Å². The number of amides is 1. The minimum atomic E-state index is -3.39. The Kier molecular flexibility index (Phi) is 3.85. The topological polar surface area (TPSA) is 75.3 Å². The zero-order valence-corrected chi connectivity index (χ0v) is 12.6. The highest BCUT2D eigenvalue weighted by molar-refractivity contribution is 7.90. The van der Waals surface area contributed by atoms with Gasteiger partial charge in [0.2, 0.25) is 5.91 Å². The summed E-state index contributed by atoms with van der Waals surface area (Å²) in [5.41, 5.74) is 2.13. The predicted molar refractivity (Wildman–Crippen MR) is 86.4 cm³/mol. The van der Waals surface area contributed by atoms with E-state index in [0.29, 0.717) is 5.69 Å². The third-order valence-electron chi connectivity index (χ3n) is 3.48. The molecule has 1 unspecified atom stereocenters. The van der Waals surface area contributed by atoms with Gasteiger partial charge in [0, 0.05) is 0 Å². The number of benzene rings is 2. The molecule has 0 fully saturated rings. The molecule has 1 atom stereocenters. The molecule has 1 aliphatic heterocycles. The normalized spacial score (nSPS) is 17.3. The van der Waals surface area contributed by atoms with Gasteiger partial charge in [-0.25, -0.2) is 8.42 Å². The van der Waals surface area contributed by atoms with Crippen molar-refractivity contribution in [1.29, 1.82) is 0 Å². The number of nitrogens with one attached hydrogen (secondary N) is 2. The van der Waals surface area contributed by atoms with Gasteiger partial charge in [0.05, 0.1) is 22.9 Å². The SMILES string of the molecule is O=C1Nc2ccccc2NC1CS(=O)(=O)Cc1ccccc1. The second kappa shape index (κ2) is 5.81. The van der Waals surface area contributed by atoms with Crippen molar-refractivity contribution < 1.29 is 13.2 Å². The van der Waals surface area contributed by atoms with Gasteiger partial charge in [-0.2, -0.15) is 0 Å². The maximum absolute atomic E-state index is 12.3. The standard InChI is InChI=1S/C16H16N2O3S/c19-16-15(17-13-8-4-5-9-14(13)18-16)11-22(20,21)10-12-6-2-1-3-7-12/h1-9,15,17H,10-11H2,(H,18,19). The van der Waals surface area contributed by atoms with Gasteiger partial charge in [0.15, 0.2) is 9.84 Å². The third kappa shape index (κ3) is 3.28. The molecule has 1 aliphatic rings. The molecule has 0 spiro atoms. The molecular formula is C16H16N2O3S. The lowest BCUT2D eigenvalue weighted by Gasteiger charge is -2.26. The van der Waals surface area contributed by atoms with Gasteiger partial charge in [-0.15, -0.1) is 0 Å². The molecule has 114 valence electrons. The van der Waals surface area contributed by atoms with E-state index in [-0.39, 0.29) is 17.4 Å². The number of sulfone groups is 1. The maximum Gasteiger partial charge on any atom is 0.247 e. The molecule has 0 saturated carbocycles. The quantitative estimate of drug-likeness (QED) is 0.905. The highest BCUT2D eigenvalue weighted by Crippen LogP contribution is 2.26. The van der Waals surface area contributed by atoms with Gasteiger partial charge in [-0.1, -0.05) is 42.5 Å². The second-order valence-corrected chi connectivity index (χ2v) is 7.38. The van der Waals surface area contributed by atoms with Crippen molar-refractivity contribution in [2.24, 2.45) is 0 Å². The largest absolute Gasteiger partial charge is 0.371 e.